The molecule has 5 nitrogen and oxygen atoms in total. The number of amides is 1. The fourth-order valence-corrected chi connectivity index (χ4v) is 2.98. The minimum atomic E-state index is -0.168. The summed E-state index contributed by atoms with van der Waals surface area (Å²) >= 11 is 1.35. The number of thiophene rings is 1. The molecule has 0 aliphatic carbocycles. The molecule has 2 aromatic rings. The zero-order valence-corrected chi connectivity index (χ0v) is 13.9. The van der Waals surface area contributed by atoms with Gasteiger partial charge in [0, 0.05) is 17.0 Å². The molecule has 0 saturated heterocycles. The number of carbonyl (C=O) groups excluding carboxylic acids is 1. The van der Waals surface area contributed by atoms with E-state index in [2.05, 4.69) is 5.32 Å². The second-order valence-corrected chi connectivity index (χ2v) is 6.00. The maximum Gasteiger partial charge on any atom is 0.255 e. The van der Waals surface area contributed by atoms with Gasteiger partial charge in [-0.2, -0.15) is 0 Å². The summed E-state index contributed by atoms with van der Waals surface area (Å²) in [6, 6.07) is 5.58. The third-order valence-corrected chi connectivity index (χ3v) is 3.97. The van der Waals surface area contributed by atoms with E-state index in [9.17, 15) is 4.79 Å². The lowest BCUT2D eigenvalue weighted by molar-refractivity contribution is 0.0945. The number of nitrogens with one attached hydrogen (secondary N) is 1. The number of hydrogen-bond donors (Lipinski definition) is 2. The molecule has 3 N–H and O–H groups in total. The number of ether oxygens (including phenoxy) is 2. The lowest BCUT2D eigenvalue weighted by Gasteiger charge is -2.12. The molecule has 0 saturated carbocycles. The van der Waals surface area contributed by atoms with Gasteiger partial charge < -0.3 is 20.5 Å². The Bertz CT molecular complexity index is 680. The predicted octanol–water partition coefficient (Wildman–Crippen LogP) is 3.15. The summed E-state index contributed by atoms with van der Waals surface area (Å²) in [5.74, 6) is 1.08. The number of rotatable bonds is 5. The molecule has 1 heterocycles. The monoisotopic (exact) mass is 320 g/mol. The number of nitrogen functional groups attached to an aromatic ring is 1. The summed E-state index contributed by atoms with van der Waals surface area (Å²) in [5, 5.41) is 5.26. The minimum Gasteiger partial charge on any atom is -0.493 e. The summed E-state index contributed by atoms with van der Waals surface area (Å²) in [6.45, 7) is 3.83. The van der Waals surface area contributed by atoms with Gasteiger partial charge in [0.1, 0.15) is 0 Å². The quantitative estimate of drug-likeness (QED) is 0.887. The molecule has 0 fully saturated rings. The van der Waals surface area contributed by atoms with Crippen LogP contribution in [0.4, 0.5) is 5.00 Å². The van der Waals surface area contributed by atoms with Crippen LogP contribution in [0.15, 0.2) is 23.6 Å². The van der Waals surface area contributed by atoms with Gasteiger partial charge in [-0.25, -0.2) is 0 Å². The van der Waals surface area contributed by atoms with Crippen molar-refractivity contribution >= 4 is 22.2 Å². The Hall–Kier alpha value is -2.21. The van der Waals surface area contributed by atoms with Gasteiger partial charge in [-0.1, -0.05) is 6.07 Å². The van der Waals surface area contributed by atoms with Crippen LogP contribution < -0.4 is 20.5 Å². The van der Waals surface area contributed by atoms with Crippen LogP contribution in [0.5, 0.6) is 11.5 Å². The molecule has 0 unspecified atom stereocenters. The van der Waals surface area contributed by atoms with Crippen molar-refractivity contribution in [2.24, 2.45) is 0 Å². The van der Waals surface area contributed by atoms with Crippen molar-refractivity contribution in [3.05, 3.63) is 29.1 Å². The van der Waals surface area contributed by atoms with Gasteiger partial charge in [0.05, 0.1) is 24.8 Å². The van der Waals surface area contributed by atoms with E-state index in [0.717, 1.165) is 11.1 Å². The molecule has 1 aromatic carbocycles. The molecule has 2 rings (SSSR count). The smallest absolute Gasteiger partial charge is 0.255 e. The number of methoxy groups -OCH3 is 2. The van der Waals surface area contributed by atoms with Crippen LogP contribution in [0, 0.1) is 0 Å². The first-order chi connectivity index (χ1) is 10.5. The summed E-state index contributed by atoms with van der Waals surface area (Å²) in [7, 11) is 3.16. The van der Waals surface area contributed by atoms with Crippen LogP contribution in [0.2, 0.25) is 0 Å². The first kappa shape index (κ1) is 16.2. The molecule has 1 aromatic heterocycles. The van der Waals surface area contributed by atoms with E-state index in [1.807, 2.05) is 37.4 Å². The first-order valence-corrected chi connectivity index (χ1v) is 7.76. The second kappa shape index (κ2) is 6.70. The van der Waals surface area contributed by atoms with Gasteiger partial charge in [-0.15, -0.1) is 11.3 Å². The van der Waals surface area contributed by atoms with Crippen molar-refractivity contribution in [1.29, 1.82) is 0 Å². The molecule has 1 amide bonds. The SMILES string of the molecule is COc1ccc(-c2csc(N)c2C(=O)NC(C)C)cc1OC. The Balaban J connectivity index is 2.48. The topological polar surface area (TPSA) is 73.6 Å². The van der Waals surface area contributed by atoms with Crippen LogP contribution in [0.25, 0.3) is 11.1 Å². The van der Waals surface area contributed by atoms with Gasteiger partial charge in [0.25, 0.3) is 5.91 Å². The highest BCUT2D eigenvalue weighted by atomic mass is 32.1. The van der Waals surface area contributed by atoms with Crippen LogP contribution in [0.1, 0.15) is 24.2 Å². The Labute approximate surface area is 134 Å². The Morgan fingerprint density at radius 2 is 1.91 bits per heavy atom. The van der Waals surface area contributed by atoms with Crippen LogP contribution in [-0.2, 0) is 0 Å². The van der Waals surface area contributed by atoms with Crippen LogP contribution >= 0.6 is 11.3 Å². The van der Waals surface area contributed by atoms with E-state index in [1.165, 1.54) is 11.3 Å². The second-order valence-electron chi connectivity index (χ2n) is 5.09. The van der Waals surface area contributed by atoms with E-state index in [1.54, 1.807) is 14.2 Å². The Morgan fingerprint density at radius 3 is 2.50 bits per heavy atom. The first-order valence-electron chi connectivity index (χ1n) is 6.88. The zero-order chi connectivity index (χ0) is 16.3. The Morgan fingerprint density at radius 1 is 1.23 bits per heavy atom. The van der Waals surface area contributed by atoms with Crippen molar-refractivity contribution in [2.75, 3.05) is 20.0 Å². The Kier molecular flexibility index (Phi) is 4.92. The van der Waals surface area contributed by atoms with Crippen molar-refractivity contribution in [1.82, 2.24) is 5.32 Å². The van der Waals surface area contributed by atoms with Gasteiger partial charge in [0.2, 0.25) is 0 Å². The summed E-state index contributed by atoms with van der Waals surface area (Å²) in [6.07, 6.45) is 0. The maximum absolute atomic E-state index is 12.4. The zero-order valence-electron chi connectivity index (χ0n) is 13.1. The number of anilines is 1. The lowest BCUT2D eigenvalue weighted by atomic mass is 10.0. The van der Waals surface area contributed by atoms with Crippen LogP contribution in [0.3, 0.4) is 0 Å². The lowest BCUT2D eigenvalue weighted by Crippen LogP contribution is -2.30. The van der Waals surface area contributed by atoms with Gasteiger partial charge in [-0.3, -0.25) is 4.79 Å². The number of nitrogens with two attached hydrogens (primary N) is 1. The predicted molar refractivity (Wildman–Crippen MR) is 89.9 cm³/mol. The molecule has 22 heavy (non-hydrogen) atoms. The molecular formula is C16H20N2O3S. The molecule has 118 valence electrons. The highest BCUT2D eigenvalue weighted by Crippen LogP contribution is 2.38. The van der Waals surface area contributed by atoms with Gasteiger partial charge in [0.15, 0.2) is 11.5 Å². The number of benzene rings is 1. The molecule has 0 atom stereocenters. The van der Waals surface area contributed by atoms with E-state index >= 15 is 0 Å². The fourth-order valence-electron chi connectivity index (χ4n) is 2.16. The average Bonchev–Trinajstić information content (AvgIpc) is 2.87. The molecule has 0 aliphatic rings. The molecule has 0 bridgehead atoms. The summed E-state index contributed by atoms with van der Waals surface area (Å²) in [4.78, 5) is 12.4. The van der Waals surface area contributed by atoms with E-state index in [4.69, 9.17) is 15.2 Å². The molecule has 0 spiro atoms. The van der Waals surface area contributed by atoms with Crippen LogP contribution in [-0.4, -0.2) is 26.2 Å². The van der Waals surface area contributed by atoms with Crippen molar-refractivity contribution in [3.8, 4) is 22.6 Å². The largest absolute Gasteiger partial charge is 0.493 e. The third-order valence-electron chi connectivity index (χ3n) is 3.16. The molecular weight excluding hydrogens is 300 g/mol. The van der Waals surface area contributed by atoms with Gasteiger partial charge >= 0.3 is 0 Å². The van der Waals surface area contributed by atoms with Crippen molar-refractivity contribution < 1.29 is 14.3 Å². The normalized spacial score (nSPS) is 10.6. The van der Waals surface area contributed by atoms with E-state index in [-0.39, 0.29) is 11.9 Å². The van der Waals surface area contributed by atoms with Crippen molar-refractivity contribution in [2.45, 2.75) is 19.9 Å². The minimum absolute atomic E-state index is 0.0463. The third kappa shape index (κ3) is 3.17. The fraction of sp³-hybridized carbons (Fsp3) is 0.312. The molecule has 0 radical (unpaired) electrons. The molecule has 0 aliphatic heterocycles. The average molecular weight is 320 g/mol. The maximum atomic E-state index is 12.4. The van der Waals surface area contributed by atoms with Crippen molar-refractivity contribution in [3.63, 3.8) is 0 Å². The highest BCUT2D eigenvalue weighted by Gasteiger charge is 2.20. The highest BCUT2D eigenvalue weighted by molar-refractivity contribution is 7.15. The summed E-state index contributed by atoms with van der Waals surface area (Å²) in [5.41, 5.74) is 8.14. The molecule has 6 heteroatoms. The van der Waals surface area contributed by atoms with E-state index in [0.29, 0.717) is 22.1 Å². The standard InChI is InChI=1S/C16H20N2O3S/c1-9(2)18-16(19)14-11(8-22-15(14)17)10-5-6-12(20-3)13(7-10)21-4/h5-9H,17H2,1-4H3,(H,18,19). The van der Waals surface area contributed by atoms with Gasteiger partial charge in [-0.05, 0) is 31.5 Å². The number of hydrogen-bond acceptors (Lipinski definition) is 5. The van der Waals surface area contributed by atoms with E-state index < -0.39 is 0 Å². The number of carbonyl (C=O) groups is 1. The summed E-state index contributed by atoms with van der Waals surface area (Å²) < 4.78 is 10.6.